The van der Waals surface area contributed by atoms with Crippen molar-refractivity contribution in [2.75, 3.05) is 39.6 Å². The summed E-state index contributed by atoms with van der Waals surface area (Å²) >= 11 is 0. The average Bonchev–Trinajstić information content (AvgIpc) is 0.907. The van der Waals surface area contributed by atoms with Crippen LogP contribution < -0.4 is 0 Å². The average molecular weight is 1560 g/mol. The molecule has 0 aromatic heterocycles. The SMILES string of the molecule is CC/C=C\C/C=C\C/C=C\C/C=C\C/C=C\CCCCCC(=O)O[C@H](COC(=O)CCCCCCCCCCCCCCCCC)COP(=O)(O)OC[C@H](O)COP(=O)(O)OC[C@@H](COC(=O)CCCCCCCCC/C=C\CCCCCC)OC(=O)CC/C=C\C/C=C\C/C=C\C/C=C\C/C=C\CCCCC. The van der Waals surface area contributed by atoms with Gasteiger partial charge in [-0.1, -0.05) is 322 Å². The van der Waals surface area contributed by atoms with E-state index < -0.39 is 97.5 Å². The molecule has 5 atom stereocenters. The second-order valence-corrected chi connectivity index (χ2v) is 30.9. The molecule has 0 heterocycles. The molecule has 0 rings (SSSR count). The van der Waals surface area contributed by atoms with E-state index in [1.165, 1.54) is 122 Å². The van der Waals surface area contributed by atoms with Crippen molar-refractivity contribution in [2.45, 2.75) is 367 Å². The van der Waals surface area contributed by atoms with Gasteiger partial charge in [0.15, 0.2) is 12.2 Å². The van der Waals surface area contributed by atoms with E-state index in [-0.39, 0.29) is 25.7 Å². The van der Waals surface area contributed by atoms with E-state index in [0.717, 1.165) is 141 Å². The molecule has 108 heavy (non-hydrogen) atoms. The summed E-state index contributed by atoms with van der Waals surface area (Å²) in [5.41, 5.74) is 0. The molecule has 0 aromatic rings. The monoisotopic (exact) mass is 1560 g/mol. The van der Waals surface area contributed by atoms with E-state index >= 15 is 0 Å². The number of allylic oxidation sites excluding steroid dienone is 22. The predicted molar refractivity (Wildman–Crippen MR) is 445 cm³/mol. The van der Waals surface area contributed by atoms with Crippen molar-refractivity contribution in [2.24, 2.45) is 0 Å². The van der Waals surface area contributed by atoms with Gasteiger partial charge in [0, 0.05) is 25.7 Å². The Labute approximate surface area is 656 Å². The van der Waals surface area contributed by atoms with Gasteiger partial charge >= 0.3 is 39.5 Å². The molecule has 0 spiro atoms. The van der Waals surface area contributed by atoms with Crippen LogP contribution in [0.15, 0.2) is 134 Å². The van der Waals surface area contributed by atoms with Gasteiger partial charge in [-0.3, -0.25) is 37.3 Å². The fourth-order valence-corrected chi connectivity index (χ4v) is 12.7. The number of carbonyl (C=O) groups is 4. The molecule has 3 N–H and O–H groups in total. The van der Waals surface area contributed by atoms with Crippen LogP contribution in [0.3, 0.4) is 0 Å². The number of rotatable bonds is 79. The quantitative estimate of drug-likeness (QED) is 0.0169. The Balaban J connectivity index is 5.47. The van der Waals surface area contributed by atoms with Crippen molar-refractivity contribution < 1.29 is 80.2 Å². The van der Waals surface area contributed by atoms with Crippen LogP contribution >= 0.6 is 15.6 Å². The first kappa shape index (κ1) is 103. The minimum absolute atomic E-state index is 0.0317. The summed E-state index contributed by atoms with van der Waals surface area (Å²) < 4.78 is 68.7. The van der Waals surface area contributed by atoms with Crippen molar-refractivity contribution >= 4 is 39.5 Å². The number of aliphatic hydroxyl groups excluding tert-OH is 1. The van der Waals surface area contributed by atoms with Gasteiger partial charge in [0.25, 0.3) is 0 Å². The first-order chi connectivity index (χ1) is 52.7. The minimum atomic E-state index is -5.01. The van der Waals surface area contributed by atoms with Gasteiger partial charge in [0.2, 0.25) is 0 Å². The van der Waals surface area contributed by atoms with E-state index in [9.17, 15) is 43.2 Å². The van der Waals surface area contributed by atoms with Crippen LogP contribution in [0.2, 0.25) is 0 Å². The normalized spacial score (nSPS) is 14.5. The van der Waals surface area contributed by atoms with Gasteiger partial charge < -0.3 is 33.8 Å². The molecule has 0 saturated carbocycles. The van der Waals surface area contributed by atoms with Gasteiger partial charge in [-0.15, -0.1) is 0 Å². The standard InChI is InChI=1S/C89H152O17P2/c1-5-9-13-17-21-25-29-33-37-39-41-43-47-51-55-59-63-67-71-75-88(93)105-84(79-99-86(91)73-69-65-61-57-53-49-45-35-31-27-23-19-15-11-7-3)81-103-107(95,96)101-77-83(90)78-102-108(97,98)104-82-85(80-100-87(92)74-70-66-62-58-54-50-46-36-32-28-24-20-16-12-8-4)106-89(94)76-72-68-64-60-56-52-48-44-42-40-38-34-30-26-22-18-14-10-6-2/h9,13,21-22,25-26,28,32-34,37-38,41-44,51-52,55-56,64,68,83-85,90H,5-8,10-12,14-20,23-24,27,29-31,35-36,39-40,45-50,53-54,57-63,65-67,69-82H2,1-4H3,(H,95,96)(H,97,98)/b13-9-,25-21-,26-22-,32-28-,37-33-,38-34-,43-41-,44-42-,55-51-,56-52-,68-64-/t83-,84+,85+/m0/s1. The summed E-state index contributed by atoms with van der Waals surface area (Å²) in [5, 5.41) is 10.7. The molecule has 620 valence electrons. The zero-order valence-electron chi connectivity index (χ0n) is 68.0. The zero-order chi connectivity index (χ0) is 78.9. The largest absolute Gasteiger partial charge is 0.472 e. The first-order valence-electron chi connectivity index (χ1n) is 42.4. The van der Waals surface area contributed by atoms with Crippen LogP contribution in [0.1, 0.15) is 349 Å². The highest BCUT2D eigenvalue weighted by Crippen LogP contribution is 2.45. The van der Waals surface area contributed by atoms with E-state index in [1.54, 1.807) is 0 Å². The summed E-state index contributed by atoms with van der Waals surface area (Å²) in [5.74, 6) is -2.30. The highest BCUT2D eigenvalue weighted by atomic mass is 31.2. The molecule has 2 unspecified atom stereocenters. The lowest BCUT2D eigenvalue weighted by Gasteiger charge is -2.21. The molecule has 0 saturated heterocycles. The van der Waals surface area contributed by atoms with Crippen LogP contribution in [0, 0.1) is 0 Å². The Kier molecular flexibility index (Phi) is 76.7. The lowest BCUT2D eigenvalue weighted by Crippen LogP contribution is -2.30. The predicted octanol–water partition coefficient (Wildman–Crippen LogP) is 25.2. The van der Waals surface area contributed by atoms with Gasteiger partial charge in [0.1, 0.15) is 19.3 Å². The Hall–Kier alpha value is -4.80. The third-order valence-electron chi connectivity index (χ3n) is 17.6. The molecule has 17 nitrogen and oxygen atoms in total. The van der Waals surface area contributed by atoms with Crippen LogP contribution in [0.5, 0.6) is 0 Å². The number of phosphoric acid groups is 2. The summed E-state index contributed by atoms with van der Waals surface area (Å²) in [6.07, 6.45) is 91.4. The number of carbonyl (C=O) groups excluding carboxylic acids is 4. The van der Waals surface area contributed by atoms with Gasteiger partial charge in [-0.05, 0) is 135 Å². The maximum Gasteiger partial charge on any atom is 0.472 e. The Bertz CT molecular complexity index is 2560. The van der Waals surface area contributed by atoms with E-state index in [4.69, 9.17) is 37.0 Å². The Morgan fingerprint density at radius 3 is 0.843 bits per heavy atom. The number of phosphoric ester groups is 2. The number of aliphatic hydroxyl groups is 1. The topological polar surface area (TPSA) is 237 Å². The van der Waals surface area contributed by atoms with Crippen LogP contribution in [-0.2, 0) is 65.4 Å². The zero-order valence-corrected chi connectivity index (χ0v) is 69.8. The molecular formula is C89H152O17P2. The molecule has 0 amide bonds. The molecule has 19 heteroatoms. The molecule has 0 bridgehead atoms. The van der Waals surface area contributed by atoms with Crippen LogP contribution in [0.25, 0.3) is 0 Å². The number of unbranched alkanes of at least 4 members (excludes halogenated alkanes) is 31. The highest BCUT2D eigenvalue weighted by Gasteiger charge is 2.30. The summed E-state index contributed by atoms with van der Waals surface area (Å²) in [6.45, 7) is 4.64. The number of esters is 4. The lowest BCUT2D eigenvalue weighted by molar-refractivity contribution is -0.161. The van der Waals surface area contributed by atoms with Crippen molar-refractivity contribution in [1.29, 1.82) is 0 Å². The molecule has 0 aliphatic rings. The molecule has 0 fully saturated rings. The fourth-order valence-electron chi connectivity index (χ4n) is 11.2. The first-order valence-corrected chi connectivity index (χ1v) is 45.4. The second kappa shape index (κ2) is 80.3. The van der Waals surface area contributed by atoms with Crippen molar-refractivity contribution in [3.05, 3.63) is 134 Å². The minimum Gasteiger partial charge on any atom is -0.462 e. The summed E-state index contributed by atoms with van der Waals surface area (Å²) in [7, 11) is -10.0. The summed E-state index contributed by atoms with van der Waals surface area (Å²) in [6, 6.07) is 0. The maximum absolute atomic E-state index is 13.1. The molecular weight excluding hydrogens is 1400 g/mol. The highest BCUT2D eigenvalue weighted by molar-refractivity contribution is 7.47. The number of hydrogen-bond acceptors (Lipinski definition) is 15. The molecule has 0 aliphatic heterocycles. The third-order valence-corrected chi connectivity index (χ3v) is 19.5. The van der Waals surface area contributed by atoms with Crippen LogP contribution in [-0.4, -0.2) is 96.7 Å². The van der Waals surface area contributed by atoms with Crippen molar-refractivity contribution in [3.8, 4) is 0 Å². The Morgan fingerprint density at radius 1 is 0.269 bits per heavy atom. The molecule has 0 aromatic carbocycles. The molecule has 0 radical (unpaired) electrons. The number of hydrogen-bond donors (Lipinski definition) is 3. The smallest absolute Gasteiger partial charge is 0.462 e. The lowest BCUT2D eigenvalue weighted by atomic mass is 10.0. The fraction of sp³-hybridized carbons (Fsp3) is 0.708. The third kappa shape index (κ3) is 79.3. The molecule has 0 aliphatic carbocycles. The van der Waals surface area contributed by atoms with E-state index in [1.807, 2.05) is 18.2 Å². The van der Waals surface area contributed by atoms with Gasteiger partial charge in [-0.25, -0.2) is 9.13 Å². The van der Waals surface area contributed by atoms with Crippen LogP contribution in [0.4, 0.5) is 0 Å². The van der Waals surface area contributed by atoms with E-state index in [0.29, 0.717) is 32.1 Å². The maximum atomic E-state index is 13.1. The second-order valence-electron chi connectivity index (χ2n) is 28.0. The van der Waals surface area contributed by atoms with Crippen molar-refractivity contribution in [3.63, 3.8) is 0 Å². The van der Waals surface area contributed by atoms with Gasteiger partial charge in [0.05, 0.1) is 26.4 Å². The van der Waals surface area contributed by atoms with Crippen molar-refractivity contribution in [1.82, 2.24) is 0 Å². The van der Waals surface area contributed by atoms with E-state index in [2.05, 4.69) is 143 Å². The Morgan fingerprint density at radius 2 is 0.500 bits per heavy atom. The number of ether oxygens (including phenoxy) is 4. The summed E-state index contributed by atoms with van der Waals surface area (Å²) in [4.78, 5) is 73.2. The van der Waals surface area contributed by atoms with Gasteiger partial charge in [-0.2, -0.15) is 0 Å².